The number of carbonyl (C=O) groups excluding carboxylic acids is 1. The summed E-state index contributed by atoms with van der Waals surface area (Å²) in [4.78, 5) is 12.0. The van der Waals surface area contributed by atoms with E-state index in [1.807, 2.05) is 12.1 Å². The van der Waals surface area contributed by atoms with E-state index in [4.69, 9.17) is 5.73 Å². The van der Waals surface area contributed by atoms with Gasteiger partial charge in [-0.15, -0.1) is 0 Å². The number of amides is 1. The Morgan fingerprint density at radius 1 is 1.35 bits per heavy atom. The van der Waals surface area contributed by atoms with E-state index < -0.39 is 0 Å². The molecule has 0 heterocycles. The Balaban J connectivity index is 1.90. The minimum Gasteiger partial charge on any atom is -0.352 e. The molecule has 3 N–H and O–H groups in total. The smallest absolute Gasteiger partial charge is 0.227 e. The van der Waals surface area contributed by atoms with Crippen LogP contribution >= 0.6 is 0 Å². The van der Waals surface area contributed by atoms with E-state index in [9.17, 15) is 4.79 Å². The van der Waals surface area contributed by atoms with Crippen LogP contribution in [0.4, 0.5) is 0 Å². The Morgan fingerprint density at radius 3 is 2.47 bits per heavy atom. The average molecular weight is 232 g/mol. The Morgan fingerprint density at radius 2 is 2.00 bits per heavy atom. The van der Waals surface area contributed by atoms with Crippen molar-refractivity contribution in [3.05, 3.63) is 35.4 Å². The Bertz CT molecular complexity index is 388. The van der Waals surface area contributed by atoms with Crippen LogP contribution in [0.1, 0.15) is 30.4 Å². The van der Waals surface area contributed by atoms with Gasteiger partial charge in [0.2, 0.25) is 5.91 Å². The zero-order valence-electron chi connectivity index (χ0n) is 10.3. The minimum atomic E-state index is -0.273. The molecular formula is C14H20N2O. The highest BCUT2D eigenvalue weighted by atomic mass is 16.2. The number of aryl methyl sites for hydroxylation is 1. The maximum Gasteiger partial charge on any atom is 0.227 e. The first-order valence-corrected chi connectivity index (χ1v) is 6.20. The average Bonchev–Trinajstić information content (AvgIpc) is 2.27. The van der Waals surface area contributed by atoms with E-state index in [-0.39, 0.29) is 11.3 Å². The molecule has 1 amide bonds. The number of hydrogen-bond acceptors (Lipinski definition) is 2. The molecule has 0 bridgehead atoms. The van der Waals surface area contributed by atoms with Crippen LogP contribution in [0.15, 0.2) is 24.3 Å². The van der Waals surface area contributed by atoms with Crippen molar-refractivity contribution in [3.8, 4) is 0 Å². The van der Waals surface area contributed by atoms with Crippen molar-refractivity contribution in [2.75, 3.05) is 6.54 Å². The van der Waals surface area contributed by atoms with Crippen molar-refractivity contribution in [2.45, 2.75) is 32.7 Å². The molecule has 3 nitrogen and oxygen atoms in total. The highest BCUT2D eigenvalue weighted by molar-refractivity contribution is 5.83. The van der Waals surface area contributed by atoms with Crippen LogP contribution in [0.2, 0.25) is 0 Å². The summed E-state index contributed by atoms with van der Waals surface area (Å²) in [5.41, 5.74) is 7.79. The molecule has 17 heavy (non-hydrogen) atoms. The van der Waals surface area contributed by atoms with Crippen molar-refractivity contribution in [1.82, 2.24) is 5.32 Å². The first-order chi connectivity index (χ1) is 8.16. The van der Waals surface area contributed by atoms with E-state index in [2.05, 4.69) is 24.4 Å². The quantitative estimate of drug-likeness (QED) is 0.830. The van der Waals surface area contributed by atoms with E-state index >= 15 is 0 Å². The van der Waals surface area contributed by atoms with Gasteiger partial charge in [-0.05, 0) is 25.3 Å². The molecule has 1 aromatic carbocycles. The predicted octanol–water partition coefficient (Wildman–Crippen LogP) is 1.74. The van der Waals surface area contributed by atoms with Crippen LogP contribution in [0.5, 0.6) is 0 Å². The minimum absolute atomic E-state index is 0.117. The molecule has 0 saturated heterocycles. The molecular weight excluding hydrogens is 212 g/mol. The van der Waals surface area contributed by atoms with Gasteiger partial charge in [0.25, 0.3) is 0 Å². The van der Waals surface area contributed by atoms with Gasteiger partial charge in [0, 0.05) is 13.1 Å². The third-order valence-electron chi connectivity index (χ3n) is 3.76. The van der Waals surface area contributed by atoms with E-state index in [1.54, 1.807) is 0 Å². The Hall–Kier alpha value is -1.35. The lowest BCUT2D eigenvalue weighted by Gasteiger charge is -2.39. The van der Waals surface area contributed by atoms with Gasteiger partial charge < -0.3 is 11.1 Å². The molecule has 0 spiro atoms. The van der Waals surface area contributed by atoms with Crippen molar-refractivity contribution < 1.29 is 4.79 Å². The second-order valence-corrected chi connectivity index (χ2v) is 5.01. The normalized spacial score (nSPS) is 17.3. The monoisotopic (exact) mass is 232 g/mol. The lowest BCUT2D eigenvalue weighted by atomic mass is 9.68. The summed E-state index contributed by atoms with van der Waals surface area (Å²) in [6.07, 6.45) is 2.99. The van der Waals surface area contributed by atoms with Crippen LogP contribution < -0.4 is 11.1 Å². The maximum atomic E-state index is 12.0. The van der Waals surface area contributed by atoms with Crippen LogP contribution in [0.25, 0.3) is 0 Å². The predicted molar refractivity (Wildman–Crippen MR) is 68.4 cm³/mol. The third kappa shape index (κ3) is 2.50. The summed E-state index contributed by atoms with van der Waals surface area (Å²) in [5, 5.41) is 2.99. The number of rotatable bonds is 4. The number of carbonyl (C=O) groups is 1. The van der Waals surface area contributed by atoms with Gasteiger partial charge in [0.05, 0.1) is 5.41 Å². The lowest BCUT2D eigenvalue weighted by Crippen LogP contribution is -2.50. The summed E-state index contributed by atoms with van der Waals surface area (Å²) < 4.78 is 0. The SMILES string of the molecule is Cc1ccc(CNC(=O)C2(CN)CCC2)cc1. The van der Waals surface area contributed by atoms with Crippen LogP contribution in [-0.2, 0) is 11.3 Å². The fraction of sp³-hybridized carbons (Fsp3) is 0.500. The second kappa shape index (κ2) is 4.88. The molecule has 0 unspecified atom stereocenters. The maximum absolute atomic E-state index is 12.0. The zero-order valence-corrected chi connectivity index (χ0v) is 10.3. The largest absolute Gasteiger partial charge is 0.352 e. The number of nitrogens with one attached hydrogen (secondary N) is 1. The lowest BCUT2D eigenvalue weighted by molar-refractivity contribution is -0.135. The summed E-state index contributed by atoms with van der Waals surface area (Å²) in [6.45, 7) is 3.12. The fourth-order valence-corrected chi connectivity index (χ4v) is 2.20. The molecule has 0 atom stereocenters. The Kier molecular flexibility index (Phi) is 3.48. The number of hydrogen-bond donors (Lipinski definition) is 2. The van der Waals surface area contributed by atoms with Crippen molar-refractivity contribution in [1.29, 1.82) is 0 Å². The molecule has 3 heteroatoms. The molecule has 92 valence electrons. The molecule has 1 aliphatic carbocycles. The van der Waals surface area contributed by atoms with E-state index in [0.29, 0.717) is 13.1 Å². The summed E-state index contributed by atoms with van der Waals surface area (Å²) in [6, 6.07) is 8.21. The Labute approximate surface area is 102 Å². The van der Waals surface area contributed by atoms with Crippen LogP contribution in [0, 0.1) is 12.3 Å². The van der Waals surface area contributed by atoms with Crippen LogP contribution in [-0.4, -0.2) is 12.5 Å². The summed E-state index contributed by atoms with van der Waals surface area (Å²) >= 11 is 0. The van der Waals surface area contributed by atoms with Gasteiger partial charge in [-0.2, -0.15) is 0 Å². The molecule has 1 fully saturated rings. The molecule has 1 aliphatic rings. The van der Waals surface area contributed by atoms with E-state index in [1.165, 1.54) is 5.56 Å². The topological polar surface area (TPSA) is 55.1 Å². The standard InChI is InChI=1S/C14H20N2O/c1-11-3-5-12(6-4-11)9-16-13(17)14(10-15)7-2-8-14/h3-6H,2,7-10,15H2,1H3,(H,16,17). The van der Waals surface area contributed by atoms with Gasteiger partial charge in [-0.1, -0.05) is 36.2 Å². The van der Waals surface area contributed by atoms with Gasteiger partial charge in [0.1, 0.15) is 0 Å². The summed E-state index contributed by atoms with van der Waals surface area (Å²) in [5.74, 6) is 0.117. The second-order valence-electron chi connectivity index (χ2n) is 5.01. The molecule has 0 aromatic heterocycles. The third-order valence-corrected chi connectivity index (χ3v) is 3.76. The van der Waals surface area contributed by atoms with Crippen molar-refractivity contribution >= 4 is 5.91 Å². The number of benzene rings is 1. The van der Waals surface area contributed by atoms with Crippen molar-refractivity contribution in [3.63, 3.8) is 0 Å². The number of nitrogens with two attached hydrogens (primary N) is 1. The van der Waals surface area contributed by atoms with E-state index in [0.717, 1.165) is 24.8 Å². The summed E-state index contributed by atoms with van der Waals surface area (Å²) in [7, 11) is 0. The van der Waals surface area contributed by atoms with Crippen molar-refractivity contribution in [2.24, 2.45) is 11.1 Å². The zero-order chi connectivity index (χ0) is 12.3. The highest BCUT2D eigenvalue weighted by Crippen LogP contribution is 2.39. The van der Waals surface area contributed by atoms with Gasteiger partial charge in [0.15, 0.2) is 0 Å². The molecule has 0 radical (unpaired) electrons. The first-order valence-electron chi connectivity index (χ1n) is 6.20. The van der Waals surface area contributed by atoms with Gasteiger partial charge >= 0.3 is 0 Å². The van der Waals surface area contributed by atoms with Crippen LogP contribution in [0.3, 0.4) is 0 Å². The first kappa shape index (κ1) is 12.1. The fourth-order valence-electron chi connectivity index (χ4n) is 2.20. The molecule has 2 rings (SSSR count). The molecule has 1 saturated carbocycles. The van der Waals surface area contributed by atoms with Gasteiger partial charge in [-0.25, -0.2) is 0 Å². The molecule has 1 aromatic rings. The molecule has 0 aliphatic heterocycles. The highest BCUT2D eigenvalue weighted by Gasteiger charge is 2.42. The van der Waals surface area contributed by atoms with Gasteiger partial charge in [-0.3, -0.25) is 4.79 Å².